The van der Waals surface area contributed by atoms with Crippen LogP contribution in [0.5, 0.6) is 11.5 Å². The molecule has 0 N–H and O–H groups in total. The first-order chi connectivity index (χ1) is 10.4. The molecule has 2 aromatic rings. The minimum Gasteiger partial charge on any atom is -0.447 e. The molecular formula is C14H11FN2O5. The third-order valence-electron chi connectivity index (χ3n) is 2.97. The highest BCUT2D eigenvalue weighted by atomic mass is 19.1. The highest BCUT2D eigenvalue weighted by Gasteiger charge is 2.19. The van der Waals surface area contributed by atoms with Crippen LogP contribution in [0.4, 0.5) is 15.8 Å². The Labute approximate surface area is 124 Å². The van der Waals surface area contributed by atoms with Crippen LogP contribution in [0.1, 0.15) is 12.5 Å². The van der Waals surface area contributed by atoms with E-state index in [4.69, 9.17) is 4.74 Å². The lowest BCUT2D eigenvalue weighted by Gasteiger charge is -2.08. The van der Waals surface area contributed by atoms with Crippen LogP contribution in [0.25, 0.3) is 0 Å². The summed E-state index contributed by atoms with van der Waals surface area (Å²) >= 11 is 0. The van der Waals surface area contributed by atoms with Gasteiger partial charge in [0.15, 0.2) is 11.6 Å². The van der Waals surface area contributed by atoms with Gasteiger partial charge in [-0.25, -0.2) is 4.39 Å². The summed E-state index contributed by atoms with van der Waals surface area (Å²) in [5.74, 6) is -1.42. The Hall–Kier alpha value is -3.03. The molecule has 0 saturated carbocycles. The highest BCUT2D eigenvalue weighted by Crippen LogP contribution is 2.34. The van der Waals surface area contributed by atoms with Crippen molar-refractivity contribution in [3.63, 3.8) is 0 Å². The van der Waals surface area contributed by atoms with E-state index in [0.29, 0.717) is 12.5 Å². The van der Waals surface area contributed by atoms with Gasteiger partial charge in [-0.05, 0) is 24.1 Å². The fraction of sp³-hybridized carbons (Fsp3) is 0.143. The van der Waals surface area contributed by atoms with Crippen LogP contribution in [0.15, 0.2) is 36.4 Å². The van der Waals surface area contributed by atoms with Crippen LogP contribution >= 0.6 is 0 Å². The van der Waals surface area contributed by atoms with Gasteiger partial charge in [0.05, 0.1) is 15.9 Å². The maximum absolute atomic E-state index is 13.8. The molecule has 8 heteroatoms. The van der Waals surface area contributed by atoms with E-state index in [2.05, 4.69) is 0 Å². The van der Waals surface area contributed by atoms with Crippen molar-refractivity contribution >= 4 is 11.4 Å². The van der Waals surface area contributed by atoms with Crippen molar-refractivity contribution in [2.24, 2.45) is 0 Å². The van der Waals surface area contributed by atoms with Crippen molar-refractivity contribution in [3.8, 4) is 11.5 Å². The molecule has 0 aliphatic carbocycles. The van der Waals surface area contributed by atoms with E-state index in [9.17, 15) is 24.6 Å². The summed E-state index contributed by atoms with van der Waals surface area (Å²) < 4.78 is 19.0. The van der Waals surface area contributed by atoms with Crippen molar-refractivity contribution in [2.75, 3.05) is 0 Å². The summed E-state index contributed by atoms with van der Waals surface area (Å²) in [6.45, 7) is 1.84. The maximum Gasteiger partial charge on any atom is 0.311 e. The second kappa shape index (κ2) is 6.17. The van der Waals surface area contributed by atoms with Crippen molar-refractivity contribution in [2.45, 2.75) is 13.3 Å². The van der Waals surface area contributed by atoms with E-state index in [1.54, 1.807) is 6.07 Å². The summed E-state index contributed by atoms with van der Waals surface area (Å²) in [6, 6.07) is 7.17. The van der Waals surface area contributed by atoms with Crippen molar-refractivity contribution in [1.82, 2.24) is 0 Å². The number of halogens is 1. The number of ether oxygens (including phenoxy) is 1. The predicted octanol–water partition coefficient (Wildman–Crippen LogP) is 4.00. The fourth-order valence-electron chi connectivity index (χ4n) is 1.82. The Morgan fingerprint density at radius 2 is 1.73 bits per heavy atom. The van der Waals surface area contributed by atoms with E-state index in [0.717, 1.165) is 17.7 Å². The van der Waals surface area contributed by atoms with Crippen LogP contribution < -0.4 is 4.74 Å². The van der Waals surface area contributed by atoms with Gasteiger partial charge >= 0.3 is 5.69 Å². The van der Waals surface area contributed by atoms with Crippen molar-refractivity contribution in [1.29, 1.82) is 0 Å². The number of rotatable bonds is 5. The molecular weight excluding hydrogens is 295 g/mol. The average Bonchev–Trinajstić information content (AvgIpc) is 2.49. The van der Waals surface area contributed by atoms with Gasteiger partial charge in [0.25, 0.3) is 5.69 Å². The van der Waals surface area contributed by atoms with Crippen LogP contribution in [0, 0.1) is 26.0 Å². The lowest BCUT2D eigenvalue weighted by molar-refractivity contribution is -0.385. The topological polar surface area (TPSA) is 95.5 Å². The third-order valence-corrected chi connectivity index (χ3v) is 2.97. The molecule has 0 bridgehead atoms. The summed E-state index contributed by atoms with van der Waals surface area (Å²) in [4.78, 5) is 20.2. The van der Waals surface area contributed by atoms with Gasteiger partial charge in [0.2, 0.25) is 5.75 Å². The smallest absolute Gasteiger partial charge is 0.311 e. The lowest BCUT2D eigenvalue weighted by Crippen LogP contribution is -1.97. The highest BCUT2D eigenvalue weighted by molar-refractivity contribution is 5.51. The number of nitro groups is 2. The van der Waals surface area contributed by atoms with Crippen LogP contribution in [0.3, 0.4) is 0 Å². The largest absolute Gasteiger partial charge is 0.447 e. The molecule has 2 aromatic carbocycles. The van der Waals surface area contributed by atoms with E-state index in [1.807, 2.05) is 6.92 Å². The van der Waals surface area contributed by atoms with Gasteiger partial charge in [0.1, 0.15) is 0 Å². The van der Waals surface area contributed by atoms with Crippen LogP contribution in [0.2, 0.25) is 0 Å². The second-order valence-corrected chi connectivity index (χ2v) is 4.39. The Morgan fingerprint density at radius 1 is 1.05 bits per heavy atom. The summed E-state index contributed by atoms with van der Waals surface area (Å²) in [7, 11) is 0. The van der Waals surface area contributed by atoms with Crippen molar-refractivity contribution < 1.29 is 19.0 Å². The zero-order valence-corrected chi connectivity index (χ0v) is 11.5. The molecule has 0 heterocycles. The molecule has 0 amide bonds. The first-order valence-corrected chi connectivity index (χ1v) is 6.31. The molecule has 0 spiro atoms. The first-order valence-electron chi connectivity index (χ1n) is 6.31. The second-order valence-electron chi connectivity index (χ2n) is 4.39. The van der Waals surface area contributed by atoms with E-state index < -0.39 is 21.4 Å². The molecule has 114 valence electrons. The number of aryl methyl sites for hydroxylation is 1. The van der Waals surface area contributed by atoms with E-state index in [1.165, 1.54) is 12.1 Å². The predicted molar refractivity (Wildman–Crippen MR) is 75.6 cm³/mol. The number of nitrogens with zero attached hydrogens (tertiary/aromatic N) is 2. The molecule has 7 nitrogen and oxygen atoms in total. The van der Waals surface area contributed by atoms with E-state index in [-0.39, 0.29) is 17.2 Å². The van der Waals surface area contributed by atoms with Crippen molar-refractivity contribution in [3.05, 3.63) is 68.0 Å². The van der Waals surface area contributed by atoms with Crippen LogP contribution in [-0.2, 0) is 6.42 Å². The number of benzene rings is 2. The van der Waals surface area contributed by atoms with Crippen LogP contribution in [-0.4, -0.2) is 9.85 Å². The first kappa shape index (κ1) is 15.4. The molecule has 0 atom stereocenters. The Bertz CT molecular complexity index is 748. The molecule has 0 fully saturated rings. The zero-order chi connectivity index (χ0) is 16.3. The fourth-order valence-corrected chi connectivity index (χ4v) is 1.82. The molecule has 0 aromatic heterocycles. The number of hydrogen-bond donors (Lipinski definition) is 0. The third kappa shape index (κ3) is 3.17. The Morgan fingerprint density at radius 3 is 2.27 bits per heavy atom. The molecule has 0 radical (unpaired) electrons. The number of hydrogen-bond acceptors (Lipinski definition) is 5. The molecule has 0 saturated heterocycles. The molecule has 0 unspecified atom stereocenters. The van der Waals surface area contributed by atoms with Gasteiger partial charge in [-0.3, -0.25) is 20.2 Å². The minimum atomic E-state index is -0.969. The zero-order valence-electron chi connectivity index (χ0n) is 11.5. The minimum absolute atomic E-state index is 0.130. The Balaban J connectivity index is 2.38. The Kier molecular flexibility index (Phi) is 4.31. The normalized spacial score (nSPS) is 10.3. The molecule has 2 rings (SSSR count). The van der Waals surface area contributed by atoms with Gasteiger partial charge in [0, 0.05) is 12.1 Å². The van der Waals surface area contributed by atoms with Gasteiger partial charge in [-0.15, -0.1) is 0 Å². The van der Waals surface area contributed by atoms with Gasteiger partial charge < -0.3 is 4.74 Å². The SMILES string of the molecule is CCc1ccc(Oc2ccc([N+](=O)[O-])cc2F)c([N+](=O)[O-])c1. The number of nitro benzene ring substituents is 2. The maximum atomic E-state index is 13.8. The molecule has 0 aliphatic heterocycles. The average molecular weight is 306 g/mol. The molecule has 22 heavy (non-hydrogen) atoms. The lowest BCUT2D eigenvalue weighted by atomic mass is 10.1. The monoisotopic (exact) mass is 306 g/mol. The number of non-ortho nitro benzene ring substituents is 1. The van der Waals surface area contributed by atoms with Gasteiger partial charge in [-0.2, -0.15) is 0 Å². The van der Waals surface area contributed by atoms with Gasteiger partial charge in [-0.1, -0.05) is 13.0 Å². The summed E-state index contributed by atoms with van der Waals surface area (Å²) in [6.07, 6.45) is 0.604. The summed E-state index contributed by atoms with van der Waals surface area (Å²) in [5, 5.41) is 21.6. The standard InChI is InChI=1S/C14H11FN2O5/c1-2-9-3-5-14(12(7-9)17(20)21)22-13-6-4-10(16(18)19)8-11(13)15/h3-8H,2H2,1H3. The quantitative estimate of drug-likeness (QED) is 0.614. The molecule has 0 aliphatic rings. The van der Waals surface area contributed by atoms with E-state index >= 15 is 0 Å². The summed E-state index contributed by atoms with van der Waals surface area (Å²) in [5.41, 5.74) is 0.0148.